The van der Waals surface area contributed by atoms with E-state index in [1.165, 1.54) is 29.6 Å². The van der Waals surface area contributed by atoms with Crippen molar-refractivity contribution < 1.29 is 18.0 Å². The highest BCUT2D eigenvalue weighted by molar-refractivity contribution is 7.15. The van der Waals surface area contributed by atoms with Crippen molar-refractivity contribution in [2.75, 3.05) is 29.9 Å². The molecule has 2 aromatic heterocycles. The minimum Gasteiger partial charge on any atom is -0.353 e. The highest BCUT2D eigenvalue weighted by Gasteiger charge is 2.30. The molecule has 12 heteroatoms. The number of benzene rings is 1. The van der Waals surface area contributed by atoms with E-state index in [1.807, 2.05) is 6.92 Å². The largest absolute Gasteiger partial charge is 0.416 e. The van der Waals surface area contributed by atoms with Gasteiger partial charge in [-0.25, -0.2) is 4.98 Å². The average molecular weight is 461 g/mol. The smallest absolute Gasteiger partial charge is 0.353 e. The predicted molar refractivity (Wildman–Crippen MR) is 116 cm³/mol. The first-order chi connectivity index (χ1) is 15.3. The molecule has 0 aliphatic carbocycles. The normalized spacial score (nSPS) is 14.6. The van der Waals surface area contributed by atoms with Crippen LogP contribution in [0.25, 0.3) is 12.2 Å². The van der Waals surface area contributed by atoms with E-state index in [0.717, 1.165) is 17.0 Å². The standard InChI is InChI=1S/C20H18F3N7OS/c1-12-10-25-19(32-12)29-17-26-15(27-18(28-17)30-8-7-24-16(31)11-30)6-5-13-3-2-4-14(9-13)20(21,22)23/h2-6,9-10H,7-8,11H2,1H3,(H,24,31)(H,25,26,27,28,29)/b6-5+. The number of carbonyl (C=O) groups excluding carboxylic acids is 1. The molecule has 0 saturated carbocycles. The average Bonchev–Trinajstić information content (AvgIpc) is 3.16. The van der Waals surface area contributed by atoms with Gasteiger partial charge in [-0.2, -0.15) is 28.1 Å². The zero-order valence-electron chi connectivity index (χ0n) is 16.8. The third kappa shape index (κ3) is 5.38. The molecule has 166 valence electrons. The summed E-state index contributed by atoms with van der Waals surface area (Å²) >= 11 is 1.42. The van der Waals surface area contributed by atoms with Gasteiger partial charge in [0, 0.05) is 24.2 Å². The molecule has 8 nitrogen and oxygen atoms in total. The van der Waals surface area contributed by atoms with Crippen LogP contribution in [0.4, 0.5) is 30.2 Å². The van der Waals surface area contributed by atoms with Crippen LogP contribution in [0.15, 0.2) is 30.5 Å². The second-order valence-electron chi connectivity index (χ2n) is 6.95. The number of nitrogens with zero attached hydrogens (tertiary/aromatic N) is 5. The number of piperazine rings is 1. The van der Waals surface area contributed by atoms with Crippen LogP contribution in [0, 0.1) is 6.92 Å². The molecule has 1 amide bonds. The second kappa shape index (κ2) is 8.91. The molecule has 32 heavy (non-hydrogen) atoms. The lowest BCUT2D eigenvalue weighted by Gasteiger charge is -2.26. The van der Waals surface area contributed by atoms with E-state index < -0.39 is 11.7 Å². The van der Waals surface area contributed by atoms with Gasteiger partial charge < -0.3 is 10.2 Å². The SMILES string of the molecule is Cc1cnc(Nc2nc(/C=C/c3cccc(C(F)(F)F)c3)nc(N3CCNC(=O)C3)n2)s1. The molecule has 2 N–H and O–H groups in total. The minimum absolute atomic E-state index is 0.0938. The van der Waals surface area contributed by atoms with Crippen LogP contribution >= 0.6 is 11.3 Å². The Bertz CT molecular complexity index is 1160. The molecular weight excluding hydrogens is 443 g/mol. The number of alkyl halides is 3. The fourth-order valence-corrected chi connectivity index (χ4v) is 3.62. The van der Waals surface area contributed by atoms with E-state index in [0.29, 0.717) is 23.8 Å². The summed E-state index contributed by atoms with van der Waals surface area (Å²) in [4.78, 5) is 31.8. The highest BCUT2D eigenvalue weighted by Crippen LogP contribution is 2.30. The third-order valence-corrected chi connectivity index (χ3v) is 5.27. The van der Waals surface area contributed by atoms with Crippen molar-refractivity contribution in [1.82, 2.24) is 25.3 Å². The van der Waals surface area contributed by atoms with Gasteiger partial charge in [0.05, 0.1) is 12.1 Å². The van der Waals surface area contributed by atoms with Gasteiger partial charge in [0.2, 0.25) is 17.8 Å². The number of nitrogens with one attached hydrogen (secondary N) is 2. The van der Waals surface area contributed by atoms with Gasteiger partial charge in [-0.3, -0.25) is 10.1 Å². The molecule has 0 spiro atoms. The number of halogens is 3. The number of hydrogen-bond acceptors (Lipinski definition) is 8. The summed E-state index contributed by atoms with van der Waals surface area (Å²) in [5, 5.41) is 6.34. The number of anilines is 3. The summed E-state index contributed by atoms with van der Waals surface area (Å²) in [6.45, 7) is 2.98. The third-order valence-electron chi connectivity index (χ3n) is 4.44. The van der Waals surface area contributed by atoms with Crippen LogP contribution in [-0.2, 0) is 11.0 Å². The lowest BCUT2D eigenvalue weighted by molar-refractivity contribution is -0.137. The molecule has 1 fully saturated rings. The maximum atomic E-state index is 13.0. The van der Waals surface area contributed by atoms with Gasteiger partial charge in [-0.15, -0.1) is 11.3 Å². The number of amides is 1. The van der Waals surface area contributed by atoms with Crippen molar-refractivity contribution in [3.8, 4) is 0 Å². The lowest BCUT2D eigenvalue weighted by Crippen LogP contribution is -2.48. The lowest BCUT2D eigenvalue weighted by atomic mass is 10.1. The van der Waals surface area contributed by atoms with Gasteiger partial charge in [-0.1, -0.05) is 18.2 Å². The molecule has 0 atom stereocenters. The number of aromatic nitrogens is 4. The monoisotopic (exact) mass is 461 g/mol. The van der Waals surface area contributed by atoms with Crippen molar-refractivity contribution in [1.29, 1.82) is 0 Å². The van der Waals surface area contributed by atoms with Gasteiger partial charge in [0.25, 0.3) is 0 Å². The number of hydrogen-bond donors (Lipinski definition) is 2. The first-order valence-corrected chi connectivity index (χ1v) is 10.4. The van der Waals surface area contributed by atoms with Crippen LogP contribution in [0.2, 0.25) is 0 Å². The molecule has 3 aromatic rings. The van der Waals surface area contributed by atoms with E-state index in [1.54, 1.807) is 17.2 Å². The summed E-state index contributed by atoms with van der Waals surface area (Å²) in [6, 6.07) is 4.95. The Hall–Kier alpha value is -3.54. The van der Waals surface area contributed by atoms with Crippen molar-refractivity contribution in [3.63, 3.8) is 0 Å². The van der Waals surface area contributed by atoms with Crippen LogP contribution in [0.3, 0.4) is 0 Å². The van der Waals surface area contributed by atoms with Crippen molar-refractivity contribution >= 4 is 46.4 Å². The fraction of sp³-hybridized carbons (Fsp3) is 0.250. The van der Waals surface area contributed by atoms with Crippen LogP contribution in [-0.4, -0.2) is 45.5 Å². The predicted octanol–water partition coefficient (Wildman–Crippen LogP) is 3.51. The molecule has 3 heterocycles. The summed E-state index contributed by atoms with van der Waals surface area (Å²) in [6.07, 6.45) is 0.276. The zero-order chi connectivity index (χ0) is 22.7. The van der Waals surface area contributed by atoms with Crippen LogP contribution in [0.1, 0.15) is 21.8 Å². The first-order valence-electron chi connectivity index (χ1n) is 9.59. The van der Waals surface area contributed by atoms with Crippen molar-refractivity contribution in [3.05, 3.63) is 52.3 Å². The number of thiazole rings is 1. The summed E-state index contributed by atoms with van der Waals surface area (Å²) < 4.78 is 38.9. The second-order valence-corrected chi connectivity index (χ2v) is 8.18. The maximum absolute atomic E-state index is 13.0. The molecule has 0 bridgehead atoms. The Balaban J connectivity index is 1.65. The molecular formula is C20H18F3N7OS. The van der Waals surface area contributed by atoms with E-state index in [-0.39, 0.29) is 30.2 Å². The molecule has 1 aliphatic heterocycles. The molecule has 4 rings (SSSR count). The molecule has 1 saturated heterocycles. The number of aryl methyl sites for hydroxylation is 1. The first kappa shape index (κ1) is 21.7. The molecule has 0 radical (unpaired) electrons. The van der Waals surface area contributed by atoms with Crippen LogP contribution < -0.4 is 15.5 Å². The Labute approximate surface area is 185 Å². The highest BCUT2D eigenvalue weighted by atomic mass is 32.1. The van der Waals surface area contributed by atoms with Gasteiger partial charge >= 0.3 is 6.18 Å². The summed E-state index contributed by atoms with van der Waals surface area (Å²) in [5.41, 5.74) is -0.388. The minimum atomic E-state index is -4.43. The Kier molecular flexibility index (Phi) is 6.04. The number of carbonyl (C=O) groups is 1. The Morgan fingerprint density at radius 1 is 1.22 bits per heavy atom. The van der Waals surface area contributed by atoms with Gasteiger partial charge in [-0.05, 0) is 30.7 Å². The van der Waals surface area contributed by atoms with E-state index in [4.69, 9.17) is 0 Å². The fourth-order valence-electron chi connectivity index (χ4n) is 2.96. The zero-order valence-corrected chi connectivity index (χ0v) is 17.7. The Morgan fingerprint density at radius 3 is 2.78 bits per heavy atom. The van der Waals surface area contributed by atoms with Gasteiger partial charge in [0.1, 0.15) is 0 Å². The van der Waals surface area contributed by atoms with E-state index in [2.05, 4.69) is 30.6 Å². The van der Waals surface area contributed by atoms with Crippen molar-refractivity contribution in [2.45, 2.75) is 13.1 Å². The molecule has 1 aromatic carbocycles. The topological polar surface area (TPSA) is 95.9 Å². The maximum Gasteiger partial charge on any atom is 0.416 e. The van der Waals surface area contributed by atoms with Gasteiger partial charge in [0.15, 0.2) is 11.0 Å². The summed E-state index contributed by atoms with van der Waals surface area (Å²) in [5.74, 6) is 0.588. The Morgan fingerprint density at radius 2 is 2.06 bits per heavy atom. The summed E-state index contributed by atoms with van der Waals surface area (Å²) in [7, 11) is 0. The molecule has 1 aliphatic rings. The quantitative estimate of drug-likeness (QED) is 0.600. The van der Waals surface area contributed by atoms with E-state index >= 15 is 0 Å². The van der Waals surface area contributed by atoms with Crippen molar-refractivity contribution in [2.24, 2.45) is 0 Å². The van der Waals surface area contributed by atoms with Crippen LogP contribution in [0.5, 0.6) is 0 Å². The molecule has 0 unspecified atom stereocenters. The van der Waals surface area contributed by atoms with E-state index in [9.17, 15) is 18.0 Å². The number of rotatable bonds is 5.